The van der Waals surface area contributed by atoms with Gasteiger partial charge in [-0.1, -0.05) is 23.2 Å². The van der Waals surface area contributed by atoms with Gasteiger partial charge in [-0.3, -0.25) is 4.79 Å². The van der Waals surface area contributed by atoms with Gasteiger partial charge in [-0.25, -0.2) is 9.07 Å². The Labute approximate surface area is 125 Å². The summed E-state index contributed by atoms with van der Waals surface area (Å²) in [6.07, 6.45) is 1.57. The topological polar surface area (TPSA) is 46.9 Å². The van der Waals surface area contributed by atoms with E-state index >= 15 is 0 Å². The van der Waals surface area contributed by atoms with Crippen LogP contribution in [-0.2, 0) is 0 Å². The van der Waals surface area contributed by atoms with Crippen molar-refractivity contribution >= 4 is 34.9 Å². The van der Waals surface area contributed by atoms with Crippen LogP contribution in [0.1, 0.15) is 30.2 Å². The van der Waals surface area contributed by atoms with Gasteiger partial charge >= 0.3 is 0 Å². The van der Waals surface area contributed by atoms with Crippen LogP contribution in [0.5, 0.6) is 0 Å². The number of nitrogens with zero attached hydrogens (tertiary/aromatic N) is 2. The van der Waals surface area contributed by atoms with Crippen LogP contribution in [0.3, 0.4) is 0 Å². The Hall–Kier alpha value is -1.59. The smallest absolute Gasteiger partial charge is 0.258 e. The Morgan fingerprint density at radius 1 is 1.35 bits per heavy atom. The Morgan fingerprint density at radius 3 is 2.70 bits per heavy atom. The monoisotopic (exact) mass is 315 g/mol. The molecule has 0 unspecified atom stereocenters. The molecule has 0 fully saturated rings. The summed E-state index contributed by atoms with van der Waals surface area (Å²) in [7, 11) is 0. The number of halogens is 3. The number of anilines is 1. The van der Waals surface area contributed by atoms with Gasteiger partial charge in [-0.15, -0.1) is 0 Å². The SMILES string of the molecule is CC(C)n1nccc1NC(=O)c1cc(F)c(Cl)cc1Cl. The molecule has 1 aromatic heterocycles. The maximum absolute atomic E-state index is 13.4. The van der Waals surface area contributed by atoms with E-state index < -0.39 is 11.7 Å². The van der Waals surface area contributed by atoms with E-state index in [-0.39, 0.29) is 21.7 Å². The van der Waals surface area contributed by atoms with Crippen LogP contribution in [0.2, 0.25) is 10.0 Å². The van der Waals surface area contributed by atoms with E-state index in [1.807, 2.05) is 13.8 Å². The standard InChI is InChI=1S/C13H12Cl2FN3O/c1-7(2)19-12(3-4-17-19)18-13(20)8-5-11(16)10(15)6-9(8)14/h3-7H,1-2H3,(H,18,20). The number of nitrogens with one attached hydrogen (secondary N) is 1. The van der Waals surface area contributed by atoms with Crippen molar-refractivity contribution in [3.8, 4) is 0 Å². The molecule has 0 aliphatic rings. The van der Waals surface area contributed by atoms with E-state index in [0.29, 0.717) is 5.82 Å². The highest BCUT2D eigenvalue weighted by Crippen LogP contribution is 2.25. The fraction of sp³-hybridized carbons (Fsp3) is 0.231. The lowest BCUT2D eigenvalue weighted by atomic mass is 10.2. The maximum atomic E-state index is 13.4. The molecule has 1 heterocycles. The van der Waals surface area contributed by atoms with Gasteiger partial charge in [0.15, 0.2) is 0 Å². The Kier molecular flexibility index (Phi) is 4.30. The summed E-state index contributed by atoms with van der Waals surface area (Å²) in [5.74, 6) is -0.706. The van der Waals surface area contributed by atoms with Crippen molar-refractivity contribution in [3.05, 3.63) is 45.8 Å². The van der Waals surface area contributed by atoms with Crippen molar-refractivity contribution in [2.24, 2.45) is 0 Å². The summed E-state index contributed by atoms with van der Waals surface area (Å²) in [6.45, 7) is 3.86. The highest BCUT2D eigenvalue weighted by atomic mass is 35.5. The lowest BCUT2D eigenvalue weighted by Gasteiger charge is -2.12. The van der Waals surface area contributed by atoms with E-state index in [1.54, 1.807) is 16.9 Å². The molecule has 2 rings (SSSR count). The third kappa shape index (κ3) is 2.94. The zero-order valence-corrected chi connectivity index (χ0v) is 12.3. The second-order valence-corrected chi connectivity index (χ2v) is 5.27. The molecular weight excluding hydrogens is 304 g/mol. The highest BCUT2D eigenvalue weighted by Gasteiger charge is 2.16. The molecule has 0 radical (unpaired) electrons. The van der Waals surface area contributed by atoms with Gasteiger partial charge in [0.1, 0.15) is 11.6 Å². The van der Waals surface area contributed by atoms with Crippen LogP contribution in [-0.4, -0.2) is 15.7 Å². The molecule has 0 saturated carbocycles. The Balaban J connectivity index is 2.29. The number of aromatic nitrogens is 2. The van der Waals surface area contributed by atoms with Crippen molar-refractivity contribution < 1.29 is 9.18 Å². The van der Waals surface area contributed by atoms with Crippen LogP contribution in [0.25, 0.3) is 0 Å². The lowest BCUT2D eigenvalue weighted by Crippen LogP contribution is -2.17. The number of benzene rings is 1. The summed E-state index contributed by atoms with van der Waals surface area (Å²) in [4.78, 5) is 12.1. The highest BCUT2D eigenvalue weighted by molar-refractivity contribution is 6.37. The first-order valence-electron chi connectivity index (χ1n) is 5.89. The lowest BCUT2D eigenvalue weighted by molar-refractivity contribution is 0.102. The molecule has 0 aliphatic heterocycles. The largest absolute Gasteiger partial charge is 0.307 e. The fourth-order valence-corrected chi connectivity index (χ4v) is 2.17. The number of carbonyl (C=O) groups excluding carboxylic acids is 1. The van der Waals surface area contributed by atoms with Gasteiger partial charge in [0.25, 0.3) is 5.91 Å². The van der Waals surface area contributed by atoms with Crippen LogP contribution in [0.15, 0.2) is 24.4 Å². The maximum Gasteiger partial charge on any atom is 0.258 e. The second-order valence-electron chi connectivity index (χ2n) is 4.46. The molecule has 0 atom stereocenters. The van der Waals surface area contributed by atoms with Gasteiger partial charge in [0.05, 0.1) is 21.8 Å². The number of carbonyl (C=O) groups is 1. The molecule has 1 aromatic carbocycles. The fourth-order valence-electron chi connectivity index (χ4n) is 1.70. The predicted octanol–water partition coefficient (Wildman–Crippen LogP) is 4.16. The van der Waals surface area contributed by atoms with E-state index in [0.717, 1.165) is 6.07 Å². The minimum Gasteiger partial charge on any atom is -0.307 e. The molecule has 7 heteroatoms. The second kappa shape index (κ2) is 5.81. The summed E-state index contributed by atoms with van der Waals surface area (Å²) in [6, 6.07) is 3.94. The third-order valence-corrected chi connectivity index (χ3v) is 3.26. The predicted molar refractivity (Wildman–Crippen MR) is 77.0 cm³/mol. The number of amides is 1. The first kappa shape index (κ1) is 14.8. The quantitative estimate of drug-likeness (QED) is 0.864. The molecule has 0 aliphatic carbocycles. The molecule has 0 saturated heterocycles. The molecular formula is C13H12Cl2FN3O. The molecule has 0 spiro atoms. The van der Waals surface area contributed by atoms with Crippen LogP contribution < -0.4 is 5.32 Å². The van der Waals surface area contributed by atoms with E-state index in [1.165, 1.54) is 6.07 Å². The average molecular weight is 316 g/mol. The van der Waals surface area contributed by atoms with Gasteiger partial charge in [0, 0.05) is 12.1 Å². The average Bonchev–Trinajstić information content (AvgIpc) is 2.81. The van der Waals surface area contributed by atoms with Crippen molar-refractivity contribution in [1.82, 2.24) is 9.78 Å². The van der Waals surface area contributed by atoms with E-state index in [4.69, 9.17) is 23.2 Å². The molecule has 0 bridgehead atoms. The summed E-state index contributed by atoms with van der Waals surface area (Å²) >= 11 is 11.5. The Bertz CT molecular complexity index is 655. The van der Waals surface area contributed by atoms with Crippen molar-refractivity contribution in [3.63, 3.8) is 0 Å². The Morgan fingerprint density at radius 2 is 2.05 bits per heavy atom. The van der Waals surface area contributed by atoms with E-state index in [9.17, 15) is 9.18 Å². The normalized spacial score (nSPS) is 10.9. The van der Waals surface area contributed by atoms with Gasteiger partial charge in [0.2, 0.25) is 0 Å². The van der Waals surface area contributed by atoms with Crippen LogP contribution in [0, 0.1) is 5.82 Å². The summed E-state index contributed by atoms with van der Waals surface area (Å²) in [5, 5.41) is 6.69. The molecule has 106 valence electrons. The number of rotatable bonds is 3. The summed E-state index contributed by atoms with van der Waals surface area (Å²) in [5.41, 5.74) is 0.0186. The van der Waals surface area contributed by atoms with Gasteiger partial charge in [-0.05, 0) is 26.0 Å². The minimum absolute atomic E-state index is 0.0186. The van der Waals surface area contributed by atoms with E-state index in [2.05, 4.69) is 10.4 Å². The van der Waals surface area contributed by atoms with Crippen molar-refractivity contribution in [1.29, 1.82) is 0 Å². The molecule has 1 N–H and O–H groups in total. The molecule has 20 heavy (non-hydrogen) atoms. The van der Waals surface area contributed by atoms with Crippen molar-refractivity contribution in [2.75, 3.05) is 5.32 Å². The molecule has 4 nitrogen and oxygen atoms in total. The zero-order chi connectivity index (χ0) is 14.9. The number of hydrogen-bond donors (Lipinski definition) is 1. The first-order valence-corrected chi connectivity index (χ1v) is 6.65. The van der Waals surface area contributed by atoms with Gasteiger partial charge < -0.3 is 5.32 Å². The van der Waals surface area contributed by atoms with Crippen molar-refractivity contribution in [2.45, 2.75) is 19.9 Å². The molecule has 1 amide bonds. The zero-order valence-electron chi connectivity index (χ0n) is 10.8. The first-order chi connectivity index (χ1) is 9.40. The van der Waals surface area contributed by atoms with Crippen LogP contribution >= 0.6 is 23.2 Å². The third-order valence-electron chi connectivity index (χ3n) is 2.66. The van der Waals surface area contributed by atoms with Gasteiger partial charge in [-0.2, -0.15) is 5.10 Å². The summed E-state index contributed by atoms with van der Waals surface area (Å²) < 4.78 is 15.1. The molecule has 2 aromatic rings. The number of hydrogen-bond acceptors (Lipinski definition) is 2. The van der Waals surface area contributed by atoms with Crippen LogP contribution in [0.4, 0.5) is 10.2 Å². The minimum atomic E-state index is -0.696.